The van der Waals surface area contributed by atoms with Crippen molar-refractivity contribution in [1.29, 1.82) is 0 Å². The Kier molecular flexibility index (Phi) is 4.11. The molecule has 5 nitrogen and oxygen atoms in total. The van der Waals surface area contributed by atoms with Gasteiger partial charge < -0.3 is 10.0 Å². The summed E-state index contributed by atoms with van der Waals surface area (Å²) in [5.74, 6) is -0.371. The van der Waals surface area contributed by atoms with Crippen LogP contribution in [0.1, 0.15) is 0 Å². The summed E-state index contributed by atoms with van der Waals surface area (Å²) >= 11 is 3.37. The summed E-state index contributed by atoms with van der Waals surface area (Å²) in [6.07, 6.45) is 0. The number of rotatable bonds is 4. The third-order valence-electron chi connectivity index (χ3n) is 2.55. The Labute approximate surface area is 119 Å². The fraction of sp³-hybridized carbons (Fsp3) is 0.154. The van der Waals surface area contributed by atoms with Crippen LogP contribution in [0.15, 0.2) is 40.9 Å². The minimum absolute atomic E-state index is 0.105. The third kappa shape index (κ3) is 3.51. The molecule has 1 aromatic heterocycles. The van der Waals surface area contributed by atoms with Crippen molar-refractivity contribution in [2.75, 3.05) is 18.5 Å². The Balaban J connectivity index is 2.18. The van der Waals surface area contributed by atoms with E-state index in [0.29, 0.717) is 5.82 Å². The highest BCUT2D eigenvalue weighted by atomic mass is 79.9. The molecule has 1 heterocycles. The molecular weight excluding hydrogens is 310 g/mol. The van der Waals surface area contributed by atoms with Crippen LogP contribution in [0.2, 0.25) is 0 Å². The number of carboxylic acid groups (broad SMARTS) is 1. The number of hydrogen-bond donors (Lipinski definition) is 1. The molecule has 0 aliphatic carbocycles. The summed E-state index contributed by atoms with van der Waals surface area (Å²) < 4.78 is 1.00. The lowest BCUT2D eigenvalue weighted by Gasteiger charge is -2.14. The Morgan fingerprint density at radius 3 is 2.42 bits per heavy atom. The van der Waals surface area contributed by atoms with Crippen molar-refractivity contribution in [1.82, 2.24) is 10.2 Å². The Morgan fingerprint density at radius 1 is 1.21 bits per heavy atom. The van der Waals surface area contributed by atoms with Crippen molar-refractivity contribution in [3.8, 4) is 11.3 Å². The summed E-state index contributed by atoms with van der Waals surface area (Å²) in [5.41, 5.74) is 1.71. The van der Waals surface area contributed by atoms with Crippen molar-refractivity contribution in [2.24, 2.45) is 0 Å². The largest absolute Gasteiger partial charge is 0.480 e. The number of carboxylic acids is 1. The molecule has 0 aliphatic heterocycles. The van der Waals surface area contributed by atoms with Gasteiger partial charge in [0.25, 0.3) is 0 Å². The van der Waals surface area contributed by atoms with E-state index < -0.39 is 5.97 Å². The first-order valence-electron chi connectivity index (χ1n) is 5.59. The Bertz CT molecular complexity index is 569. The van der Waals surface area contributed by atoms with Gasteiger partial charge in [-0.3, -0.25) is 4.79 Å². The molecule has 0 amide bonds. The average molecular weight is 322 g/mol. The van der Waals surface area contributed by atoms with Crippen LogP contribution in [0.25, 0.3) is 11.3 Å². The monoisotopic (exact) mass is 321 g/mol. The molecule has 2 rings (SSSR count). The number of nitrogens with zero attached hydrogens (tertiary/aromatic N) is 3. The lowest BCUT2D eigenvalue weighted by atomic mass is 10.1. The molecule has 0 aliphatic rings. The maximum atomic E-state index is 10.6. The van der Waals surface area contributed by atoms with Crippen LogP contribution in [0.5, 0.6) is 0 Å². The van der Waals surface area contributed by atoms with Crippen molar-refractivity contribution >= 4 is 27.7 Å². The molecule has 1 N–H and O–H groups in total. The first kappa shape index (κ1) is 13.5. The predicted octanol–water partition coefficient (Wildman–Crippen LogP) is 2.43. The zero-order chi connectivity index (χ0) is 13.8. The Hall–Kier alpha value is -1.95. The van der Waals surface area contributed by atoms with Crippen LogP contribution in [0, 0.1) is 0 Å². The van der Waals surface area contributed by atoms with E-state index in [9.17, 15) is 4.79 Å². The smallest absolute Gasteiger partial charge is 0.323 e. The number of aliphatic carboxylic acids is 1. The molecule has 0 saturated carbocycles. The van der Waals surface area contributed by atoms with E-state index in [0.717, 1.165) is 15.7 Å². The van der Waals surface area contributed by atoms with Crippen molar-refractivity contribution < 1.29 is 9.90 Å². The van der Waals surface area contributed by atoms with E-state index in [1.54, 1.807) is 13.1 Å². The number of anilines is 1. The maximum Gasteiger partial charge on any atom is 0.323 e. The average Bonchev–Trinajstić information content (AvgIpc) is 2.39. The first-order valence-corrected chi connectivity index (χ1v) is 6.38. The molecular formula is C13H12BrN3O2. The lowest BCUT2D eigenvalue weighted by Crippen LogP contribution is -2.26. The van der Waals surface area contributed by atoms with E-state index in [-0.39, 0.29) is 6.54 Å². The molecule has 2 aromatic rings. The van der Waals surface area contributed by atoms with Gasteiger partial charge >= 0.3 is 5.97 Å². The molecule has 0 unspecified atom stereocenters. The van der Waals surface area contributed by atoms with Gasteiger partial charge in [-0.2, -0.15) is 0 Å². The second-order valence-electron chi connectivity index (χ2n) is 4.03. The van der Waals surface area contributed by atoms with Gasteiger partial charge in [-0.05, 0) is 24.3 Å². The fourth-order valence-corrected chi connectivity index (χ4v) is 1.85. The highest BCUT2D eigenvalue weighted by Crippen LogP contribution is 2.20. The van der Waals surface area contributed by atoms with Crippen LogP contribution < -0.4 is 4.90 Å². The molecule has 0 fully saturated rings. The number of halogens is 1. The minimum Gasteiger partial charge on any atom is -0.480 e. The first-order chi connectivity index (χ1) is 9.06. The topological polar surface area (TPSA) is 66.3 Å². The Morgan fingerprint density at radius 2 is 1.89 bits per heavy atom. The second kappa shape index (κ2) is 5.79. The molecule has 19 heavy (non-hydrogen) atoms. The minimum atomic E-state index is -0.902. The summed E-state index contributed by atoms with van der Waals surface area (Å²) in [4.78, 5) is 12.1. The molecule has 1 aromatic carbocycles. The zero-order valence-corrected chi connectivity index (χ0v) is 11.8. The highest BCUT2D eigenvalue weighted by molar-refractivity contribution is 9.10. The third-order valence-corrected chi connectivity index (χ3v) is 3.08. The van der Waals surface area contributed by atoms with Crippen molar-refractivity contribution in [2.45, 2.75) is 0 Å². The number of hydrogen-bond acceptors (Lipinski definition) is 4. The van der Waals surface area contributed by atoms with Gasteiger partial charge in [0.05, 0.1) is 5.69 Å². The maximum absolute atomic E-state index is 10.6. The normalized spacial score (nSPS) is 10.2. The molecule has 0 saturated heterocycles. The summed E-state index contributed by atoms with van der Waals surface area (Å²) in [7, 11) is 1.66. The van der Waals surface area contributed by atoms with Crippen LogP contribution >= 0.6 is 15.9 Å². The number of carbonyl (C=O) groups is 1. The van der Waals surface area contributed by atoms with Crippen molar-refractivity contribution in [3.63, 3.8) is 0 Å². The van der Waals surface area contributed by atoms with Gasteiger partial charge in [-0.15, -0.1) is 10.2 Å². The number of likely N-dealkylation sites (N-methyl/N-ethyl adjacent to an activating group) is 1. The zero-order valence-electron chi connectivity index (χ0n) is 10.2. The van der Waals surface area contributed by atoms with E-state index in [1.165, 1.54) is 4.90 Å². The molecule has 0 radical (unpaired) electrons. The van der Waals surface area contributed by atoms with Gasteiger partial charge in [-0.25, -0.2) is 0 Å². The predicted molar refractivity (Wildman–Crippen MR) is 76.1 cm³/mol. The van der Waals surface area contributed by atoms with Gasteiger partial charge in [0, 0.05) is 17.1 Å². The second-order valence-corrected chi connectivity index (χ2v) is 4.95. The lowest BCUT2D eigenvalue weighted by molar-refractivity contribution is -0.135. The van der Waals surface area contributed by atoms with Crippen LogP contribution in [-0.4, -0.2) is 34.9 Å². The van der Waals surface area contributed by atoms with Gasteiger partial charge in [0.15, 0.2) is 5.82 Å². The quantitative estimate of drug-likeness (QED) is 0.936. The van der Waals surface area contributed by atoms with E-state index in [4.69, 9.17) is 5.11 Å². The van der Waals surface area contributed by atoms with E-state index >= 15 is 0 Å². The molecule has 0 atom stereocenters. The molecule has 98 valence electrons. The van der Waals surface area contributed by atoms with Crippen LogP contribution in [-0.2, 0) is 4.79 Å². The number of aromatic nitrogens is 2. The van der Waals surface area contributed by atoms with Crippen molar-refractivity contribution in [3.05, 3.63) is 40.9 Å². The van der Waals surface area contributed by atoms with Gasteiger partial charge in [-0.1, -0.05) is 28.1 Å². The van der Waals surface area contributed by atoms with Gasteiger partial charge in [0.1, 0.15) is 6.54 Å². The molecule has 6 heteroatoms. The van der Waals surface area contributed by atoms with Gasteiger partial charge in [0.2, 0.25) is 0 Å². The SMILES string of the molecule is CN(CC(=O)O)c1ccc(-c2ccc(Br)cc2)nn1. The van der Waals surface area contributed by atoms with E-state index in [2.05, 4.69) is 26.1 Å². The van der Waals surface area contributed by atoms with Crippen LogP contribution in [0.4, 0.5) is 5.82 Å². The van der Waals surface area contributed by atoms with E-state index in [1.807, 2.05) is 30.3 Å². The molecule has 0 bridgehead atoms. The summed E-state index contributed by atoms with van der Waals surface area (Å²) in [6.45, 7) is -0.105. The fourth-order valence-electron chi connectivity index (χ4n) is 1.59. The van der Waals surface area contributed by atoms with Crippen LogP contribution in [0.3, 0.4) is 0 Å². The standard InChI is InChI=1S/C13H12BrN3O2/c1-17(8-13(18)19)12-7-6-11(15-16-12)9-2-4-10(14)5-3-9/h2-7H,8H2,1H3,(H,18,19). The molecule has 0 spiro atoms. The number of benzene rings is 1. The summed E-state index contributed by atoms with van der Waals surface area (Å²) in [6, 6.07) is 11.3. The summed E-state index contributed by atoms with van der Waals surface area (Å²) in [5, 5.41) is 16.8. The highest BCUT2D eigenvalue weighted by Gasteiger charge is 2.08.